The lowest BCUT2D eigenvalue weighted by atomic mass is 10.0. The van der Waals surface area contributed by atoms with Crippen LogP contribution in [0.5, 0.6) is 0 Å². The number of carbonyl (C=O) groups excluding carboxylic acids is 2. The van der Waals surface area contributed by atoms with Crippen LogP contribution in [0.25, 0.3) is 0 Å². The predicted molar refractivity (Wildman–Crippen MR) is 423 cm³/mol. The maximum absolute atomic E-state index is 12.9. The van der Waals surface area contributed by atoms with Gasteiger partial charge in [0.25, 0.3) is 0 Å². The molecular formula is C87H163NO8P+. The summed E-state index contributed by atoms with van der Waals surface area (Å²) in [5.41, 5.74) is 0. The monoisotopic (exact) mass is 1380 g/mol. The van der Waals surface area contributed by atoms with Crippen LogP contribution in [0, 0.1) is 0 Å². The van der Waals surface area contributed by atoms with Crippen LogP contribution in [-0.4, -0.2) is 74.9 Å². The van der Waals surface area contributed by atoms with Gasteiger partial charge in [0.2, 0.25) is 0 Å². The Morgan fingerprint density at radius 2 is 0.588 bits per heavy atom. The van der Waals surface area contributed by atoms with Gasteiger partial charge in [-0.05, 0) is 64.2 Å². The number of hydrogen-bond donors (Lipinski definition) is 1. The van der Waals surface area contributed by atoms with Crippen LogP contribution < -0.4 is 0 Å². The van der Waals surface area contributed by atoms with Crippen molar-refractivity contribution in [3.05, 3.63) is 72.9 Å². The number of esters is 2. The van der Waals surface area contributed by atoms with Gasteiger partial charge in [-0.15, -0.1) is 0 Å². The molecule has 2 atom stereocenters. The lowest BCUT2D eigenvalue weighted by Gasteiger charge is -2.24. The standard InChI is InChI=1S/C87H162NO8P/c1-6-8-10-12-14-16-18-20-22-24-26-28-30-32-34-36-38-40-42-44-46-48-50-52-54-56-58-60-62-64-66-68-70-72-74-76-78-80-87(90)96-85(84-95-97(91,92)94-82-81-88(3,4)5)83-93-86(89)79-77-75-73-71-69-67-65-63-61-59-57-55-53-51-49-47-45-43-41-39-37-35-33-31-29-27-25-23-21-19-17-15-13-11-9-7-2/h8,10,14,16,20,22,26,28,32,34,38,40,85H,6-7,9,11-13,15,17-19,21,23-25,27,29-31,33,35-37,39,41-84H2,1-5H3/p+1/b10-8-,16-14-,22-20-,28-26-,34-32-,40-38-. The van der Waals surface area contributed by atoms with Gasteiger partial charge in [-0.1, -0.05) is 414 Å². The van der Waals surface area contributed by atoms with Gasteiger partial charge >= 0.3 is 19.8 Å². The molecule has 0 aliphatic heterocycles. The smallest absolute Gasteiger partial charge is 0.462 e. The van der Waals surface area contributed by atoms with E-state index in [2.05, 4.69) is 86.8 Å². The number of allylic oxidation sites excluding steroid dienone is 12. The summed E-state index contributed by atoms with van der Waals surface area (Å²) in [6, 6.07) is 0. The first-order valence-electron chi connectivity index (χ1n) is 42.2. The first-order valence-corrected chi connectivity index (χ1v) is 43.7. The fourth-order valence-electron chi connectivity index (χ4n) is 12.6. The zero-order valence-corrected chi connectivity index (χ0v) is 66.0. The number of hydrogen-bond acceptors (Lipinski definition) is 7. The lowest BCUT2D eigenvalue weighted by Crippen LogP contribution is -2.37. The van der Waals surface area contributed by atoms with Crippen molar-refractivity contribution >= 4 is 19.8 Å². The minimum absolute atomic E-state index is 0.0333. The third kappa shape index (κ3) is 82.3. The summed E-state index contributed by atoms with van der Waals surface area (Å²) in [4.78, 5) is 36.0. The third-order valence-electron chi connectivity index (χ3n) is 19.0. The van der Waals surface area contributed by atoms with Crippen molar-refractivity contribution in [2.45, 2.75) is 424 Å². The number of unbranched alkanes of at least 4 members (excludes halogenated alkanes) is 53. The number of phosphoric ester groups is 1. The number of phosphoric acid groups is 1. The Morgan fingerprint density at radius 3 is 0.876 bits per heavy atom. The number of carbonyl (C=O) groups is 2. The first kappa shape index (κ1) is 94.5. The highest BCUT2D eigenvalue weighted by Gasteiger charge is 2.27. The summed E-state index contributed by atoms with van der Waals surface area (Å²) < 4.78 is 34.9. The summed E-state index contributed by atoms with van der Waals surface area (Å²) in [6.45, 7) is 4.39. The van der Waals surface area contributed by atoms with E-state index in [4.69, 9.17) is 18.5 Å². The molecule has 10 heteroatoms. The second-order valence-electron chi connectivity index (χ2n) is 29.8. The average Bonchev–Trinajstić information content (AvgIpc) is 1.41. The van der Waals surface area contributed by atoms with Crippen molar-refractivity contribution in [1.29, 1.82) is 0 Å². The number of nitrogens with zero attached hydrogens (tertiary/aromatic N) is 1. The molecule has 0 heterocycles. The molecule has 0 aromatic heterocycles. The van der Waals surface area contributed by atoms with Crippen LogP contribution in [-0.2, 0) is 32.7 Å². The zero-order valence-electron chi connectivity index (χ0n) is 65.1. The van der Waals surface area contributed by atoms with Crippen LogP contribution in [0.3, 0.4) is 0 Å². The van der Waals surface area contributed by atoms with Crippen LogP contribution in [0.15, 0.2) is 72.9 Å². The van der Waals surface area contributed by atoms with Crippen molar-refractivity contribution < 1.29 is 42.1 Å². The van der Waals surface area contributed by atoms with Crippen molar-refractivity contribution in [1.82, 2.24) is 0 Å². The van der Waals surface area contributed by atoms with E-state index in [-0.39, 0.29) is 25.6 Å². The molecule has 0 aromatic rings. The van der Waals surface area contributed by atoms with Gasteiger partial charge in [0, 0.05) is 12.8 Å². The van der Waals surface area contributed by atoms with E-state index in [0.717, 1.165) is 70.6 Å². The number of likely N-dealkylation sites (N-methyl/N-ethyl adjacent to an activating group) is 1. The number of rotatable bonds is 79. The van der Waals surface area contributed by atoms with Gasteiger partial charge in [0.1, 0.15) is 19.8 Å². The molecule has 0 aliphatic rings. The van der Waals surface area contributed by atoms with Gasteiger partial charge < -0.3 is 18.9 Å². The van der Waals surface area contributed by atoms with E-state index in [9.17, 15) is 19.0 Å². The second kappa shape index (κ2) is 77.6. The molecule has 0 aliphatic carbocycles. The van der Waals surface area contributed by atoms with Crippen molar-refractivity contribution in [3.8, 4) is 0 Å². The average molecular weight is 1380 g/mol. The zero-order chi connectivity index (χ0) is 70.4. The maximum Gasteiger partial charge on any atom is 0.472 e. The third-order valence-corrected chi connectivity index (χ3v) is 20.0. The Kier molecular flexibility index (Phi) is 75.6. The van der Waals surface area contributed by atoms with Crippen molar-refractivity contribution in [3.63, 3.8) is 0 Å². The summed E-state index contributed by atoms with van der Waals surface area (Å²) in [6.07, 6.45) is 106. The molecule has 9 nitrogen and oxygen atoms in total. The number of ether oxygens (including phenoxy) is 2. The van der Waals surface area contributed by atoms with Crippen LogP contribution in [0.2, 0.25) is 0 Å². The number of quaternary nitrogens is 1. The Labute approximate surface area is 603 Å². The Morgan fingerprint density at radius 1 is 0.330 bits per heavy atom. The summed E-state index contributed by atoms with van der Waals surface area (Å²) in [7, 11) is 1.50. The summed E-state index contributed by atoms with van der Waals surface area (Å²) in [5, 5.41) is 0. The van der Waals surface area contributed by atoms with E-state index in [1.165, 1.54) is 315 Å². The fraction of sp³-hybridized carbons (Fsp3) is 0.839. The quantitative estimate of drug-likeness (QED) is 0.0211. The molecule has 568 valence electrons. The molecule has 0 aromatic carbocycles. The van der Waals surface area contributed by atoms with E-state index < -0.39 is 26.5 Å². The van der Waals surface area contributed by atoms with Gasteiger partial charge in [-0.2, -0.15) is 0 Å². The van der Waals surface area contributed by atoms with Gasteiger partial charge in [0.05, 0.1) is 27.7 Å². The Hall–Kier alpha value is -2.55. The lowest BCUT2D eigenvalue weighted by molar-refractivity contribution is -0.870. The van der Waals surface area contributed by atoms with Crippen molar-refractivity contribution in [2.75, 3.05) is 47.5 Å². The minimum Gasteiger partial charge on any atom is -0.462 e. The van der Waals surface area contributed by atoms with E-state index in [1.807, 2.05) is 21.1 Å². The normalized spacial score (nSPS) is 13.3. The van der Waals surface area contributed by atoms with Crippen LogP contribution in [0.1, 0.15) is 418 Å². The van der Waals surface area contributed by atoms with E-state index >= 15 is 0 Å². The molecule has 1 N–H and O–H groups in total. The van der Waals surface area contributed by atoms with Gasteiger partial charge in [-0.25, -0.2) is 4.57 Å². The molecular weight excluding hydrogens is 1220 g/mol. The summed E-state index contributed by atoms with van der Waals surface area (Å²) in [5.74, 6) is -0.775. The highest BCUT2D eigenvalue weighted by Crippen LogP contribution is 2.43. The Balaban J connectivity index is 3.90. The molecule has 0 radical (unpaired) electrons. The molecule has 97 heavy (non-hydrogen) atoms. The molecule has 0 saturated heterocycles. The fourth-order valence-corrected chi connectivity index (χ4v) is 13.4. The Bertz CT molecular complexity index is 1870. The van der Waals surface area contributed by atoms with Crippen molar-refractivity contribution in [2.24, 2.45) is 0 Å². The van der Waals surface area contributed by atoms with E-state index in [0.29, 0.717) is 23.9 Å². The van der Waals surface area contributed by atoms with Crippen LogP contribution >= 0.6 is 7.82 Å². The highest BCUT2D eigenvalue weighted by molar-refractivity contribution is 7.47. The van der Waals surface area contributed by atoms with Gasteiger partial charge in [-0.3, -0.25) is 18.6 Å². The molecule has 0 amide bonds. The summed E-state index contributed by atoms with van der Waals surface area (Å²) >= 11 is 0. The van der Waals surface area contributed by atoms with Gasteiger partial charge in [0.15, 0.2) is 6.10 Å². The molecule has 0 fully saturated rings. The molecule has 2 unspecified atom stereocenters. The van der Waals surface area contributed by atoms with Crippen LogP contribution in [0.4, 0.5) is 0 Å². The topological polar surface area (TPSA) is 108 Å². The maximum atomic E-state index is 12.9. The largest absolute Gasteiger partial charge is 0.472 e. The highest BCUT2D eigenvalue weighted by atomic mass is 31.2. The second-order valence-corrected chi connectivity index (χ2v) is 31.3. The molecule has 0 bridgehead atoms. The molecule has 0 rings (SSSR count). The minimum atomic E-state index is -4.40. The first-order chi connectivity index (χ1) is 47.5. The predicted octanol–water partition coefficient (Wildman–Crippen LogP) is 28.2. The SMILES string of the molecule is CC/C=C\C/C=C\C/C=C\C/C=C\C/C=C\C/C=C\CCCCCCCCCCCCCCCCCCCCC(=O)OC(COC(=O)CCCCCCCCCCCCCCCCCCCCCCCCCCCCCCCCCCCCCC)COP(=O)(O)OCC[N+](C)(C)C. The molecule has 0 saturated carbocycles. The van der Waals surface area contributed by atoms with E-state index in [1.54, 1.807) is 0 Å². The molecule has 0 spiro atoms.